The molecule has 18 heavy (non-hydrogen) atoms. The molecule has 96 valence electrons. The van der Waals surface area contributed by atoms with Crippen molar-refractivity contribution in [3.63, 3.8) is 0 Å². The number of nitrogens with zero attached hydrogens (tertiary/aromatic N) is 2. The number of esters is 1. The Balaban J connectivity index is 2.37. The van der Waals surface area contributed by atoms with Crippen LogP contribution in [0.4, 0.5) is 0 Å². The summed E-state index contributed by atoms with van der Waals surface area (Å²) in [4.78, 5) is 29.4. The summed E-state index contributed by atoms with van der Waals surface area (Å²) in [5.74, 6) is -0.763. The van der Waals surface area contributed by atoms with Gasteiger partial charge in [-0.15, -0.1) is 0 Å². The van der Waals surface area contributed by atoms with Gasteiger partial charge in [0.1, 0.15) is 0 Å². The van der Waals surface area contributed by atoms with Gasteiger partial charge in [-0.1, -0.05) is 0 Å². The van der Waals surface area contributed by atoms with Crippen LogP contribution in [-0.2, 0) is 14.3 Å². The molecule has 1 fully saturated rings. The standard InChI is InChI=1S/C13H16N2O3/c1-3-15-11(16)8-10(13(17)18-2)12(15)9-4-6-14-7-5-9/h4-7,10,12H,3,8H2,1-2H3/t10-,12+/m1/s1. The van der Waals surface area contributed by atoms with E-state index in [0.29, 0.717) is 6.54 Å². The van der Waals surface area contributed by atoms with Gasteiger partial charge in [0.15, 0.2) is 0 Å². The number of ether oxygens (including phenoxy) is 1. The third-order valence-corrected chi connectivity index (χ3v) is 3.32. The zero-order valence-electron chi connectivity index (χ0n) is 10.5. The molecule has 2 atom stereocenters. The molecule has 2 heterocycles. The number of carbonyl (C=O) groups excluding carboxylic acids is 2. The van der Waals surface area contributed by atoms with Crippen LogP contribution in [0.2, 0.25) is 0 Å². The van der Waals surface area contributed by atoms with Gasteiger partial charge in [-0.05, 0) is 24.6 Å². The van der Waals surface area contributed by atoms with Crippen LogP contribution in [0, 0.1) is 5.92 Å². The summed E-state index contributed by atoms with van der Waals surface area (Å²) in [7, 11) is 1.35. The first-order chi connectivity index (χ1) is 8.69. The third kappa shape index (κ3) is 2.08. The molecule has 5 heteroatoms. The Kier molecular flexibility index (Phi) is 3.60. The SMILES string of the molecule is CCN1C(=O)C[C@@H](C(=O)OC)[C@@H]1c1ccncc1. The van der Waals surface area contributed by atoms with Crippen LogP contribution in [0.5, 0.6) is 0 Å². The summed E-state index contributed by atoms with van der Waals surface area (Å²) in [6.07, 6.45) is 3.55. The van der Waals surface area contributed by atoms with E-state index in [1.807, 2.05) is 19.1 Å². The van der Waals surface area contributed by atoms with E-state index in [-0.39, 0.29) is 24.3 Å². The quantitative estimate of drug-likeness (QED) is 0.753. The lowest BCUT2D eigenvalue weighted by Crippen LogP contribution is -2.30. The lowest BCUT2D eigenvalue weighted by Gasteiger charge is -2.26. The Morgan fingerprint density at radius 3 is 2.72 bits per heavy atom. The molecule has 0 aliphatic carbocycles. The summed E-state index contributed by atoms with van der Waals surface area (Å²) in [6, 6.07) is 3.43. The zero-order valence-corrected chi connectivity index (χ0v) is 10.5. The van der Waals surface area contributed by atoms with E-state index in [2.05, 4.69) is 4.98 Å². The lowest BCUT2D eigenvalue weighted by atomic mass is 9.94. The molecule has 0 aromatic carbocycles. The van der Waals surface area contributed by atoms with Crippen LogP contribution in [0.25, 0.3) is 0 Å². The highest BCUT2D eigenvalue weighted by molar-refractivity contribution is 5.88. The molecule has 0 bridgehead atoms. The highest BCUT2D eigenvalue weighted by atomic mass is 16.5. The molecule has 1 aromatic rings. The van der Waals surface area contributed by atoms with Crippen LogP contribution in [-0.4, -0.2) is 35.4 Å². The fraction of sp³-hybridized carbons (Fsp3) is 0.462. The third-order valence-electron chi connectivity index (χ3n) is 3.32. The second-order valence-electron chi connectivity index (χ2n) is 4.24. The predicted molar refractivity (Wildman–Crippen MR) is 64.5 cm³/mol. The minimum Gasteiger partial charge on any atom is -0.469 e. The molecule has 2 rings (SSSR count). The monoisotopic (exact) mass is 248 g/mol. The molecule has 0 saturated carbocycles. The summed E-state index contributed by atoms with van der Waals surface area (Å²) in [5.41, 5.74) is 0.924. The van der Waals surface area contributed by atoms with Gasteiger partial charge in [0.05, 0.1) is 19.1 Å². The van der Waals surface area contributed by atoms with Crippen molar-refractivity contribution in [2.75, 3.05) is 13.7 Å². The van der Waals surface area contributed by atoms with Crippen molar-refractivity contribution in [1.82, 2.24) is 9.88 Å². The number of methoxy groups -OCH3 is 1. The fourth-order valence-electron chi connectivity index (χ4n) is 2.50. The summed E-state index contributed by atoms with van der Waals surface area (Å²) >= 11 is 0. The average molecular weight is 248 g/mol. The van der Waals surface area contributed by atoms with E-state index in [9.17, 15) is 9.59 Å². The van der Waals surface area contributed by atoms with Crippen molar-refractivity contribution in [2.45, 2.75) is 19.4 Å². The normalized spacial score (nSPS) is 23.2. The Morgan fingerprint density at radius 2 is 2.17 bits per heavy atom. The molecule has 0 unspecified atom stereocenters. The van der Waals surface area contributed by atoms with E-state index in [1.54, 1.807) is 17.3 Å². The van der Waals surface area contributed by atoms with E-state index in [4.69, 9.17) is 4.74 Å². The first-order valence-corrected chi connectivity index (χ1v) is 5.96. The van der Waals surface area contributed by atoms with E-state index in [1.165, 1.54) is 7.11 Å². The number of likely N-dealkylation sites (tertiary alicyclic amines) is 1. The van der Waals surface area contributed by atoms with Crippen LogP contribution in [0.3, 0.4) is 0 Å². The molecule has 1 aromatic heterocycles. The first-order valence-electron chi connectivity index (χ1n) is 5.96. The van der Waals surface area contributed by atoms with Crippen LogP contribution < -0.4 is 0 Å². The van der Waals surface area contributed by atoms with Gasteiger partial charge < -0.3 is 9.64 Å². The number of aromatic nitrogens is 1. The summed E-state index contributed by atoms with van der Waals surface area (Å²) < 4.78 is 4.79. The summed E-state index contributed by atoms with van der Waals surface area (Å²) in [5, 5.41) is 0. The molecular weight excluding hydrogens is 232 g/mol. The molecule has 0 radical (unpaired) electrons. The molecule has 0 spiro atoms. The number of pyridine rings is 1. The van der Waals surface area contributed by atoms with Crippen molar-refractivity contribution in [2.24, 2.45) is 5.92 Å². The maximum absolute atomic E-state index is 11.9. The largest absolute Gasteiger partial charge is 0.469 e. The Labute approximate surface area is 106 Å². The molecule has 5 nitrogen and oxygen atoms in total. The van der Waals surface area contributed by atoms with Gasteiger partial charge in [0, 0.05) is 25.4 Å². The molecule has 1 aliphatic heterocycles. The fourth-order valence-corrected chi connectivity index (χ4v) is 2.50. The van der Waals surface area contributed by atoms with Crippen molar-refractivity contribution in [3.8, 4) is 0 Å². The van der Waals surface area contributed by atoms with Gasteiger partial charge in [0.2, 0.25) is 5.91 Å². The van der Waals surface area contributed by atoms with Gasteiger partial charge >= 0.3 is 5.97 Å². The second-order valence-corrected chi connectivity index (χ2v) is 4.24. The minimum absolute atomic E-state index is 0.00490. The van der Waals surface area contributed by atoms with E-state index >= 15 is 0 Å². The zero-order chi connectivity index (χ0) is 13.1. The Morgan fingerprint density at radius 1 is 1.50 bits per heavy atom. The molecular formula is C13H16N2O3. The van der Waals surface area contributed by atoms with Crippen molar-refractivity contribution in [3.05, 3.63) is 30.1 Å². The van der Waals surface area contributed by atoms with Gasteiger partial charge in [0.25, 0.3) is 0 Å². The van der Waals surface area contributed by atoms with Gasteiger partial charge in [-0.2, -0.15) is 0 Å². The maximum Gasteiger partial charge on any atom is 0.311 e. The Bertz CT molecular complexity index is 445. The first kappa shape index (κ1) is 12.5. The van der Waals surface area contributed by atoms with Gasteiger partial charge in [-0.3, -0.25) is 14.6 Å². The average Bonchev–Trinajstić information content (AvgIpc) is 2.75. The molecule has 1 saturated heterocycles. The van der Waals surface area contributed by atoms with Crippen molar-refractivity contribution >= 4 is 11.9 Å². The van der Waals surface area contributed by atoms with Gasteiger partial charge in [-0.25, -0.2) is 0 Å². The number of hydrogen-bond acceptors (Lipinski definition) is 4. The lowest BCUT2D eigenvalue weighted by molar-refractivity contribution is -0.146. The molecule has 1 aliphatic rings. The maximum atomic E-state index is 11.9. The van der Waals surface area contributed by atoms with E-state index in [0.717, 1.165) is 5.56 Å². The molecule has 0 N–H and O–H groups in total. The summed E-state index contributed by atoms with van der Waals surface area (Å²) in [6.45, 7) is 2.49. The van der Waals surface area contributed by atoms with Crippen LogP contribution in [0.15, 0.2) is 24.5 Å². The smallest absolute Gasteiger partial charge is 0.311 e. The predicted octanol–water partition coefficient (Wildman–Crippen LogP) is 1.16. The second kappa shape index (κ2) is 5.16. The topological polar surface area (TPSA) is 59.5 Å². The highest BCUT2D eigenvalue weighted by Crippen LogP contribution is 2.38. The number of hydrogen-bond donors (Lipinski definition) is 0. The van der Waals surface area contributed by atoms with Crippen LogP contribution >= 0.6 is 0 Å². The minimum atomic E-state index is -0.426. The van der Waals surface area contributed by atoms with Crippen molar-refractivity contribution < 1.29 is 14.3 Å². The molecule has 1 amide bonds. The Hall–Kier alpha value is -1.91. The number of rotatable bonds is 3. The van der Waals surface area contributed by atoms with Crippen LogP contribution in [0.1, 0.15) is 24.9 Å². The number of amides is 1. The van der Waals surface area contributed by atoms with Crippen molar-refractivity contribution in [1.29, 1.82) is 0 Å². The van der Waals surface area contributed by atoms with E-state index < -0.39 is 5.92 Å². The highest BCUT2D eigenvalue weighted by Gasteiger charge is 2.44. The number of carbonyl (C=O) groups is 2.